The van der Waals surface area contributed by atoms with Crippen molar-refractivity contribution in [2.45, 2.75) is 19.3 Å². The summed E-state index contributed by atoms with van der Waals surface area (Å²) in [5.41, 5.74) is 1.81. The minimum atomic E-state index is -1.01. The number of carbonyl (C=O) groups is 1. The molecule has 104 valence electrons. The topological polar surface area (TPSA) is 83.0 Å². The molecule has 1 aromatic heterocycles. The Hall–Kier alpha value is -1.95. The van der Waals surface area contributed by atoms with Crippen molar-refractivity contribution in [2.24, 2.45) is 0 Å². The van der Waals surface area contributed by atoms with Crippen LogP contribution in [0.3, 0.4) is 0 Å². The zero-order valence-electron chi connectivity index (χ0n) is 10.8. The van der Waals surface area contributed by atoms with Gasteiger partial charge in [0, 0.05) is 0 Å². The summed E-state index contributed by atoms with van der Waals surface area (Å²) in [4.78, 5) is 29.4. The normalized spacial score (nSPS) is 12.1. The molecule has 0 radical (unpaired) electrons. The maximum absolute atomic E-state index is 11.5. The van der Waals surface area contributed by atoms with Crippen molar-refractivity contribution >= 4 is 21.9 Å². The van der Waals surface area contributed by atoms with Gasteiger partial charge >= 0.3 is 5.97 Å². The molecule has 2 aromatic rings. The number of nitrogens with one attached hydrogen (secondary N) is 1. The van der Waals surface area contributed by atoms with Crippen molar-refractivity contribution in [3.05, 3.63) is 62.2 Å². The summed E-state index contributed by atoms with van der Waals surface area (Å²) >= 11 is 3.11. The average Bonchev–Trinajstić information content (AvgIpc) is 2.39. The SMILES string of the molecule is Cc1cccc(CC(C(=O)O)c2nc[nH]c(=O)c2Br)c1. The van der Waals surface area contributed by atoms with Gasteiger partial charge in [-0.05, 0) is 34.8 Å². The maximum atomic E-state index is 11.5. The molecule has 0 aliphatic carbocycles. The van der Waals surface area contributed by atoms with Crippen LogP contribution in [0.4, 0.5) is 0 Å². The lowest BCUT2D eigenvalue weighted by Crippen LogP contribution is -2.20. The van der Waals surface area contributed by atoms with Crippen LogP contribution >= 0.6 is 15.9 Å². The first-order chi connectivity index (χ1) is 9.49. The number of rotatable bonds is 4. The second kappa shape index (κ2) is 6.00. The first kappa shape index (κ1) is 14.5. The summed E-state index contributed by atoms with van der Waals surface area (Å²) < 4.78 is 0.167. The van der Waals surface area contributed by atoms with Gasteiger partial charge in [-0.2, -0.15) is 0 Å². The number of nitrogens with zero attached hydrogens (tertiary/aromatic N) is 1. The molecule has 2 rings (SSSR count). The van der Waals surface area contributed by atoms with E-state index in [-0.39, 0.29) is 22.1 Å². The molecule has 1 heterocycles. The second-order valence-electron chi connectivity index (χ2n) is 4.51. The van der Waals surface area contributed by atoms with Crippen molar-refractivity contribution in [3.63, 3.8) is 0 Å². The average molecular weight is 337 g/mol. The molecule has 1 aromatic carbocycles. The highest BCUT2D eigenvalue weighted by molar-refractivity contribution is 9.10. The number of aliphatic carboxylic acids is 1. The molecule has 0 aliphatic heterocycles. The van der Waals surface area contributed by atoms with Crippen LogP contribution in [-0.2, 0) is 11.2 Å². The number of aryl methyl sites for hydroxylation is 1. The minimum absolute atomic E-state index is 0.167. The first-order valence-electron chi connectivity index (χ1n) is 6.00. The van der Waals surface area contributed by atoms with Gasteiger partial charge in [-0.25, -0.2) is 4.98 Å². The molecule has 0 saturated carbocycles. The molecule has 0 fully saturated rings. The monoisotopic (exact) mass is 336 g/mol. The molecule has 0 aliphatic rings. The van der Waals surface area contributed by atoms with Gasteiger partial charge in [0.2, 0.25) is 0 Å². The van der Waals surface area contributed by atoms with Crippen LogP contribution in [0.2, 0.25) is 0 Å². The zero-order valence-corrected chi connectivity index (χ0v) is 12.3. The van der Waals surface area contributed by atoms with E-state index >= 15 is 0 Å². The van der Waals surface area contributed by atoms with Gasteiger partial charge < -0.3 is 10.1 Å². The fourth-order valence-electron chi connectivity index (χ4n) is 2.02. The van der Waals surface area contributed by atoms with E-state index in [1.165, 1.54) is 6.33 Å². The zero-order chi connectivity index (χ0) is 14.7. The van der Waals surface area contributed by atoms with Crippen LogP contribution in [0.5, 0.6) is 0 Å². The fraction of sp³-hybridized carbons (Fsp3) is 0.214. The molecule has 2 N–H and O–H groups in total. The van der Waals surface area contributed by atoms with Crippen molar-refractivity contribution < 1.29 is 9.90 Å². The highest BCUT2D eigenvalue weighted by atomic mass is 79.9. The van der Waals surface area contributed by atoms with E-state index in [4.69, 9.17) is 0 Å². The number of carboxylic acid groups (broad SMARTS) is 1. The number of benzene rings is 1. The molecular formula is C14H13BrN2O3. The molecule has 1 unspecified atom stereocenters. The number of hydrogen-bond donors (Lipinski definition) is 2. The van der Waals surface area contributed by atoms with Crippen molar-refractivity contribution in [2.75, 3.05) is 0 Å². The standard InChI is InChI=1S/C14H13BrN2O3/c1-8-3-2-4-9(5-8)6-10(14(19)20)12-11(15)13(18)17-7-16-12/h2-5,7,10H,6H2,1H3,(H,19,20)(H,16,17,18). The predicted octanol–water partition coefficient (Wildman–Crippen LogP) is 2.25. The first-order valence-corrected chi connectivity index (χ1v) is 6.79. The van der Waals surface area contributed by atoms with E-state index in [2.05, 4.69) is 25.9 Å². The van der Waals surface area contributed by atoms with E-state index < -0.39 is 11.9 Å². The van der Waals surface area contributed by atoms with Gasteiger partial charge in [-0.3, -0.25) is 9.59 Å². The molecule has 5 nitrogen and oxygen atoms in total. The lowest BCUT2D eigenvalue weighted by atomic mass is 9.95. The molecular weight excluding hydrogens is 324 g/mol. The van der Waals surface area contributed by atoms with Crippen LogP contribution in [0.1, 0.15) is 22.7 Å². The Morgan fingerprint density at radius 1 is 1.50 bits per heavy atom. The Bertz CT molecular complexity index is 697. The number of aromatic nitrogens is 2. The lowest BCUT2D eigenvalue weighted by Gasteiger charge is -2.13. The predicted molar refractivity (Wildman–Crippen MR) is 77.8 cm³/mol. The van der Waals surface area contributed by atoms with Crippen LogP contribution < -0.4 is 5.56 Å². The molecule has 0 saturated heterocycles. The third-order valence-corrected chi connectivity index (χ3v) is 3.74. The van der Waals surface area contributed by atoms with Gasteiger partial charge in [-0.15, -0.1) is 0 Å². The molecule has 0 bridgehead atoms. The smallest absolute Gasteiger partial charge is 0.312 e. The highest BCUT2D eigenvalue weighted by Gasteiger charge is 2.25. The Morgan fingerprint density at radius 2 is 2.25 bits per heavy atom. The van der Waals surface area contributed by atoms with Gasteiger partial charge in [0.05, 0.1) is 12.0 Å². The van der Waals surface area contributed by atoms with E-state index in [0.29, 0.717) is 0 Å². The molecule has 20 heavy (non-hydrogen) atoms. The summed E-state index contributed by atoms with van der Waals surface area (Å²) in [6.45, 7) is 1.95. The highest BCUT2D eigenvalue weighted by Crippen LogP contribution is 2.24. The largest absolute Gasteiger partial charge is 0.481 e. The van der Waals surface area contributed by atoms with Crippen molar-refractivity contribution in [3.8, 4) is 0 Å². The second-order valence-corrected chi connectivity index (χ2v) is 5.31. The summed E-state index contributed by atoms with van der Waals surface area (Å²) in [5, 5.41) is 9.40. The van der Waals surface area contributed by atoms with Crippen LogP contribution in [0.25, 0.3) is 0 Å². The molecule has 6 heteroatoms. The summed E-state index contributed by atoms with van der Waals surface area (Å²) in [6.07, 6.45) is 1.50. The quantitative estimate of drug-likeness (QED) is 0.896. The van der Waals surface area contributed by atoms with Gasteiger partial charge in [-0.1, -0.05) is 29.8 Å². The van der Waals surface area contributed by atoms with Gasteiger partial charge in [0.25, 0.3) is 5.56 Å². The Kier molecular flexibility index (Phi) is 4.34. The van der Waals surface area contributed by atoms with E-state index in [1.54, 1.807) is 0 Å². The number of hydrogen-bond acceptors (Lipinski definition) is 3. The number of carboxylic acids is 1. The third kappa shape index (κ3) is 3.14. The summed E-state index contributed by atoms with van der Waals surface area (Å²) in [6, 6.07) is 7.62. The van der Waals surface area contributed by atoms with Crippen LogP contribution in [0, 0.1) is 6.92 Å². The van der Waals surface area contributed by atoms with E-state index in [9.17, 15) is 14.7 Å². The number of halogens is 1. The molecule has 0 spiro atoms. The number of aromatic amines is 1. The Balaban J connectivity index is 2.40. The number of H-pyrrole nitrogens is 1. The molecule has 0 amide bonds. The van der Waals surface area contributed by atoms with E-state index in [0.717, 1.165) is 11.1 Å². The Morgan fingerprint density at radius 3 is 2.90 bits per heavy atom. The third-order valence-electron chi connectivity index (χ3n) is 2.97. The lowest BCUT2D eigenvalue weighted by molar-refractivity contribution is -0.138. The van der Waals surface area contributed by atoms with Crippen molar-refractivity contribution in [1.82, 2.24) is 9.97 Å². The van der Waals surface area contributed by atoms with Gasteiger partial charge in [0.1, 0.15) is 10.4 Å². The molecule has 1 atom stereocenters. The van der Waals surface area contributed by atoms with Crippen LogP contribution in [0.15, 0.2) is 39.9 Å². The fourth-order valence-corrected chi connectivity index (χ4v) is 2.51. The van der Waals surface area contributed by atoms with E-state index in [1.807, 2.05) is 31.2 Å². The van der Waals surface area contributed by atoms with Crippen LogP contribution in [-0.4, -0.2) is 21.0 Å². The Labute approximate surface area is 123 Å². The summed E-state index contributed by atoms with van der Waals surface area (Å²) in [7, 11) is 0. The maximum Gasteiger partial charge on any atom is 0.312 e. The van der Waals surface area contributed by atoms with Gasteiger partial charge in [0.15, 0.2) is 0 Å². The van der Waals surface area contributed by atoms with Crippen molar-refractivity contribution in [1.29, 1.82) is 0 Å². The minimum Gasteiger partial charge on any atom is -0.481 e. The summed E-state index contributed by atoms with van der Waals surface area (Å²) in [5.74, 6) is -1.88.